The monoisotopic (exact) mass is 271 g/mol. The van der Waals surface area contributed by atoms with Gasteiger partial charge >= 0.3 is 0 Å². The summed E-state index contributed by atoms with van der Waals surface area (Å²) in [4.78, 5) is 4.80. The van der Waals surface area contributed by atoms with E-state index in [0.29, 0.717) is 12.5 Å². The number of aliphatic hydroxyl groups is 1. The smallest absolute Gasteiger partial charge is 0.0995 e. The number of hydrogen-bond acceptors (Lipinski definition) is 4. The van der Waals surface area contributed by atoms with Crippen molar-refractivity contribution in [1.29, 1.82) is 5.26 Å². The zero-order valence-electron chi connectivity index (χ0n) is 11.9. The van der Waals surface area contributed by atoms with Gasteiger partial charge < -0.3 is 5.11 Å². The zero-order valence-corrected chi connectivity index (χ0v) is 11.9. The summed E-state index contributed by atoms with van der Waals surface area (Å²) in [5.74, 6) is 0.425. The second kappa shape index (κ2) is 5.17. The standard InChI is InChI=1S/C16H21N3O/c1-18-8-13(10-20)6-16(18)11-19(12-16)9-15-5-3-2-4-14(15)7-17/h2-5,13,20H,6,8-12H2,1H3/t13-/m1/s1. The van der Waals surface area contributed by atoms with Crippen molar-refractivity contribution in [2.45, 2.75) is 18.5 Å². The Bertz CT molecular complexity index is 531. The predicted molar refractivity (Wildman–Crippen MR) is 77.0 cm³/mol. The molecule has 0 amide bonds. The highest BCUT2D eigenvalue weighted by molar-refractivity contribution is 5.37. The van der Waals surface area contributed by atoms with Crippen molar-refractivity contribution in [3.8, 4) is 6.07 Å². The molecule has 2 heterocycles. The maximum Gasteiger partial charge on any atom is 0.0995 e. The van der Waals surface area contributed by atoms with Gasteiger partial charge in [0.1, 0.15) is 0 Å². The molecule has 2 fully saturated rings. The van der Waals surface area contributed by atoms with E-state index in [4.69, 9.17) is 5.26 Å². The van der Waals surface area contributed by atoms with E-state index in [-0.39, 0.29) is 5.54 Å². The van der Waals surface area contributed by atoms with Crippen molar-refractivity contribution in [1.82, 2.24) is 9.80 Å². The fraction of sp³-hybridized carbons (Fsp3) is 0.562. The Labute approximate surface area is 120 Å². The van der Waals surface area contributed by atoms with Crippen molar-refractivity contribution in [2.75, 3.05) is 33.3 Å². The average Bonchev–Trinajstić information content (AvgIpc) is 2.76. The Balaban J connectivity index is 1.63. The van der Waals surface area contributed by atoms with Crippen molar-refractivity contribution < 1.29 is 5.11 Å². The lowest BCUT2D eigenvalue weighted by molar-refractivity contribution is -0.0223. The minimum Gasteiger partial charge on any atom is -0.396 e. The number of benzene rings is 1. The summed E-state index contributed by atoms with van der Waals surface area (Å²) in [6, 6.07) is 10.1. The second-order valence-electron chi connectivity index (χ2n) is 6.27. The van der Waals surface area contributed by atoms with Crippen LogP contribution < -0.4 is 0 Å². The topological polar surface area (TPSA) is 50.5 Å². The highest BCUT2D eigenvalue weighted by Crippen LogP contribution is 2.39. The van der Waals surface area contributed by atoms with Crippen molar-refractivity contribution in [2.24, 2.45) is 5.92 Å². The Morgan fingerprint density at radius 3 is 2.80 bits per heavy atom. The molecule has 0 saturated carbocycles. The van der Waals surface area contributed by atoms with Crippen LogP contribution in [0.5, 0.6) is 0 Å². The average molecular weight is 271 g/mol. The van der Waals surface area contributed by atoms with Crippen LogP contribution in [0.3, 0.4) is 0 Å². The number of nitrogens with zero attached hydrogens (tertiary/aromatic N) is 3. The number of hydrogen-bond donors (Lipinski definition) is 1. The first-order chi connectivity index (χ1) is 9.66. The summed E-state index contributed by atoms with van der Waals surface area (Å²) in [5.41, 5.74) is 2.15. The lowest BCUT2D eigenvalue weighted by Gasteiger charge is -2.52. The van der Waals surface area contributed by atoms with Crippen LogP contribution in [0.25, 0.3) is 0 Å². The van der Waals surface area contributed by atoms with E-state index in [9.17, 15) is 5.11 Å². The molecule has 2 aliphatic heterocycles. The quantitative estimate of drug-likeness (QED) is 0.893. The minimum atomic E-state index is 0.259. The summed E-state index contributed by atoms with van der Waals surface area (Å²) >= 11 is 0. The summed E-state index contributed by atoms with van der Waals surface area (Å²) in [5, 5.41) is 18.5. The Kier molecular flexibility index (Phi) is 3.51. The van der Waals surface area contributed by atoms with E-state index in [1.807, 2.05) is 24.3 Å². The van der Waals surface area contributed by atoms with E-state index in [2.05, 4.69) is 22.9 Å². The van der Waals surface area contributed by atoms with Gasteiger partial charge in [0, 0.05) is 38.3 Å². The Hall–Kier alpha value is -1.41. The molecule has 3 rings (SSSR count). The molecule has 4 heteroatoms. The molecular weight excluding hydrogens is 250 g/mol. The number of likely N-dealkylation sites (N-methyl/N-ethyl adjacent to an activating group) is 1. The van der Waals surface area contributed by atoms with Gasteiger partial charge in [0.15, 0.2) is 0 Å². The van der Waals surface area contributed by atoms with Crippen LogP contribution in [0.4, 0.5) is 0 Å². The van der Waals surface area contributed by atoms with Crippen molar-refractivity contribution in [3.05, 3.63) is 35.4 Å². The molecule has 1 aromatic rings. The zero-order chi connectivity index (χ0) is 14.2. The summed E-state index contributed by atoms with van der Waals surface area (Å²) in [7, 11) is 2.16. The van der Waals surface area contributed by atoms with Crippen LogP contribution in [-0.2, 0) is 6.54 Å². The van der Waals surface area contributed by atoms with Crippen LogP contribution in [-0.4, -0.2) is 53.7 Å². The number of likely N-dealkylation sites (tertiary alicyclic amines) is 2. The Morgan fingerprint density at radius 2 is 2.15 bits per heavy atom. The van der Waals surface area contributed by atoms with Crippen LogP contribution in [0, 0.1) is 17.2 Å². The molecule has 0 aliphatic carbocycles. The highest BCUT2D eigenvalue weighted by Gasteiger charge is 2.51. The fourth-order valence-electron chi connectivity index (χ4n) is 3.74. The lowest BCUT2D eigenvalue weighted by atomic mass is 9.84. The largest absolute Gasteiger partial charge is 0.396 e. The normalized spacial score (nSPS) is 25.6. The van der Waals surface area contributed by atoms with Crippen molar-refractivity contribution >= 4 is 0 Å². The van der Waals surface area contributed by atoms with Crippen LogP contribution >= 0.6 is 0 Å². The van der Waals surface area contributed by atoms with Crippen molar-refractivity contribution in [3.63, 3.8) is 0 Å². The molecule has 2 saturated heterocycles. The highest BCUT2D eigenvalue weighted by atomic mass is 16.3. The number of aliphatic hydroxyl groups excluding tert-OH is 1. The SMILES string of the molecule is CN1C[C@H](CO)CC12CN(Cc1ccccc1C#N)C2. The van der Waals surface area contributed by atoms with E-state index in [1.54, 1.807) is 0 Å². The third-order valence-electron chi connectivity index (χ3n) is 4.84. The van der Waals surface area contributed by atoms with Gasteiger partial charge in [-0.25, -0.2) is 0 Å². The van der Waals surface area contributed by atoms with Gasteiger partial charge in [0.2, 0.25) is 0 Å². The first-order valence-electron chi connectivity index (χ1n) is 7.19. The molecule has 2 aliphatic rings. The van der Waals surface area contributed by atoms with Gasteiger partial charge in [-0.05, 0) is 31.0 Å². The molecule has 4 nitrogen and oxygen atoms in total. The van der Waals surface area contributed by atoms with Gasteiger partial charge in [-0.1, -0.05) is 18.2 Å². The number of rotatable bonds is 3. The third kappa shape index (κ3) is 2.22. The molecule has 1 aromatic carbocycles. The maximum absolute atomic E-state index is 9.33. The Morgan fingerprint density at radius 1 is 1.40 bits per heavy atom. The van der Waals surface area contributed by atoms with Gasteiger partial charge in [-0.3, -0.25) is 9.80 Å². The lowest BCUT2D eigenvalue weighted by Crippen LogP contribution is -2.66. The third-order valence-corrected chi connectivity index (χ3v) is 4.84. The molecule has 0 unspecified atom stereocenters. The summed E-state index contributed by atoms with van der Waals surface area (Å²) in [6.45, 7) is 4.23. The molecule has 1 spiro atoms. The van der Waals surface area contributed by atoms with E-state index in [1.165, 1.54) is 0 Å². The van der Waals surface area contributed by atoms with Crippen LogP contribution in [0.2, 0.25) is 0 Å². The first-order valence-corrected chi connectivity index (χ1v) is 7.19. The van der Waals surface area contributed by atoms with Crippen LogP contribution in [0.15, 0.2) is 24.3 Å². The number of nitriles is 1. The molecule has 20 heavy (non-hydrogen) atoms. The molecule has 0 radical (unpaired) electrons. The second-order valence-corrected chi connectivity index (χ2v) is 6.27. The molecule has 106 valence electrons. The predicted octanol–water partition coefficient (Wildman–Crippen LogP) is 1.06. The minimum absolute atomic E-state index is 0.259. The van der Waals surface area contributed by atoms with E-state index in [0.717, 1.165) is 43.7 Å². The van der Waals surface area contributed by atoms with E-state index >= 15 is 0 Å². The summed E-state index contributed by atoms with van der Waals surface area (Å²) in [6.07, 6.45) is 1.09. The summed E-state index contributed by atoms with van der Waals surface area (Å²) < 4.78 is 0. The molecule has 0 aromatic heterocycles. The maximum atomic E-state index is 9.33. The first kappa shape index (κ1) is 13.6. The molecule has 1 N–H and O–H groups in total. The van der Waals surface area contributed by atoms with Gasteiger partial charge in [-0.15, -0.1) is 0 Å². The molecule has 1 atom stereocenters. The molecular formula is C16H21N3O. The van der Waals surface area contributed by atoms with Crippen LogP contribution in [0.1, 0.15) is 17.5 Å². The van der Waals surface area contributed by atoms with E-state index < -0.39 is 0 Å². The van der Waals surface area contributed by atoms with Gasteiger partial charge in [0.05, 0.1) is 11.6 Å². The molecule has 0 bridgehead atoms. The van der Waals surface area contributed by atoms with Gasteiger partial charge in [0.25, 0.3) is 0 Å². The van der Waals surface area contributed by atoms with Gasteiger partial charge in [-0.2, -0.15) is 5.26 Å². The fourth-order valence-corrected chi connectivity index (χ4v) is 3.74.